The van der Waals surface area contributed by atoms with E-state index >= 15 is 0 Å². The number of fused-ring (bicyclic) bond motifs is 12. The lowest BCUT2D eigenvalue weighted by atomic mass is 10.0. The average molecular weight is 1660 g/mol. The van der Waals surface area contributed by atoms with Crippen molar-refractivity contribution < 1.29 is 13.9 Å². The molecule has 634 valence electrons. The number of hydrogen-bond donors (Lipinski definition) is 2. The van der Waals surface area contributed by atoms with Crippen LogP contribution in [0.25, 0.3) is 81.7 Å². The third-order valence-corrected chi connectivity index (χ3v) is 22.9. The second-order valence-electron chi connectivity index (χ2n) is 30.4. The highest BCUT2D eigenvalue weighted by atomic mass is 32.1. The zero-order valence-electron chi connectivity index (χ0n) is 74.5. The van der Waals surface area contributed by atoms with Crippen LogP contribution in [0.4, 0.5) is 0 Å². The molecule has 14 nitrogen and oxygen atoms in total. The fourth-order valence-corrected chi connectivity index (χ4v) is 16.0. The first-order valence-electron chi connectivity index (χ1n) is 43.0. The molecule has 9 heterocycles. The molecule has 1 atom stereocenters. The lowest BCUT2D eigenvalue weighted by molar-refractivity contribution is 0.174. The molecule has 1 unspecified atom stereocenters. The van der Waals surface area contributed by atoms with E-state index in [-0.39, 0.29) is 0 Å². The smallest absolute Gasteiger partial charge is 0.417 e. The zero-order chi connectivity index (χ0) is 87.7. The minimum atomic E-state index is -0.402. The van der Waals surface area contributed by atoms with Crippen molar-refractivity contribution in [2.24, 2.45) is 21.1 Å². The van der Waals surface area contributed by atoms with Gasteiger partial charge in [0.05, 0.1) is 33.8 Å². The Balaban J connectivity index is 0.000000131. The van der Waals surface area contributed by atoms with Gasteiger partial charge in [0.2, 0.25) is 6.79 Å². The average Bonchev–Trinajstić information content (AvgIpc) is 1.69. The van der Waals surface area contributed by atoms with E-state index in [9.17, 15) is 4.79 Å². The van der Waals surface area contributed by atoms with Gasteiger partial charge in [-0.2, -0.15) is 5.10 Å². The van der Waals surface area contributed by atoms with Crippen LogP contribution in [0.2, 0.25) is 0 Å². The van der Waals surface area contributed by atoms with Gasteiger partial charge in [0.25, 0.3) is 0 Å². The van der Waals surface area contributed by atoms with E-state index in [1.165, 1.54) is 125 Å². The fourth-order valence-electron chi connectivity index (χ4n) is 15.1. The number of nitrogens with zero attached hydrogens (tertiary/aromatic N) is 8. The van der Waals surface area contributed by atoms with Gasteiger partial charge in [-0.25, -0.2) is 14.5 Å². The van der Waals surface area contributed by atoms with Gasteiger partial charge in [0, 0.05) is 60.9 Å². The molecule has 2 N–H and O–H groups in total. The van der Waals surface area contributed by atoms with Crippen LogP contribution in [-0.4, -0.2) is 55.5 Å². The van der Waals surface area contributed by atoms with Crippen LogP contribution in [0.15, 0.2) is 342 Å². The Kier molecular flexibility index (Phi) is 34.1. The highest BCUT2D eigenvalue weighted by molar-refractivity contribution is 7.17. The molecule has 4 aliphatic carbocycles. The summed E-state index contributed by atoms with van der Waals surface area (Å²) >= 11 is 1.81. The van der Waals surface area contributed by atoms with Crippen LogP contribution >= 0.6 is 11.3 Å². The van der Waals surface area contributed by atoms with Gasteiger partial charge in [-0.3, -0.25) is 9.67 Å². The predicted molar refractivity (Wildman–Crippen MR) is 522 cm³/mol. The van der Waals surface area contributed by atoms with Gasteiger partial charge < -0.3 is 27.8 Å². The number of allylic oxidation sites excluding steroid dienone is 4. The lowest BCUT2D eigenvalue weighted by Crippen LogP contribution is -1.92. The van der Waals surface area contributed by atoms with Gasteiger partial charge >= 0.3 is 5.76 Å². The van der Waals surface area contributed by atoms with E-state index in [0.717, 1.165) is 63.7 Å². The van der Waals surface area contributed by atoms with Gasteiger partial charge in [0.1, 0.15) is 11.3 Å². The molecule has 0 bridgehead atoms. The van der Waals surface area contributed by atoms with Crippen LogP contribution in [0.5, 0.6) is 11.5 Å². The molecule has 24 rings (SSSR count). The summed E-state index contributed by atoms with van der Waals surface area (Å²) in [5, 5.41) is 18.0. The summed E-state index contributed by atoms with van der Waals surface area (Å²) in [4.78, 5) is 20.5. The number of aromatic nitrogens is 10. The molecule has 0 saturated carbocycles. The maximum atomic E-state index is 10.6. The molecule has 11 aromatic carbocycles. The van der Waals surface area contributed by atoms with Crippen molar-refractivity contribution in [3.8, 4) is 11.5 Å². The first kappa shape index (κ1) is 91.1. The highest BCUT2D eigenvalue weighted by Crippen LogP contribution is 2.34. The number of imidazole rings is 1. The molecule has 5 aliphatic rings. The zero-order valence-corrected chi connectivity index (χ0v) is 75.3. The largest absolute Gasteiger partial charge is 0.454 e. The van der Waals surface area contributed by atoms with E-state index in [0.29, 0.717) is 12.4 Å². The monoisotopic (exact) mass is 1660 g/mol. The fraction of sp³-hybridized carbons (Fsp3) is 0.220. The molecule has 8 aromatic heterocycles. The minimum Gasteiger partial charge on any atom is -0.454 e. The molecule has 0 spiro atoms. The number of aromatic amines is 2. The summed E-state index contributed by atoms with van der Waals surface area (Å²) in [5.41, 5.74) is 30.0. The molecule has 124 heavy (non-hydrogen) atoms. The Morgan fingerprint density at radius 3 is 1.77 bits per heavy atom. The number of H-pyrrole nitrogens is 2. The number of hydrogen-bond acceptors (Lipinski definition) is 9. The Labute approximate surface area is 734 Å². The maximum Gasteiger partial charge on any atom is 0.417 e. The van der Waals surface area contributed by atoms with Crippen LogP contribution in [0.1, 0.15) is 141 Å². The summed E-state index contributed by atoms with van der Waals surface area (Å²) in [5.74, 6) is 3.06. The van der Waals surface area contributed by atoms with Crippen molar-refractivity contribution in [2.45, 2.75) is 134 Å². The van der Waals surface area contributed by atoms with Crippen LogP contribution in [-0.2, 0) is 53.2 Å². The number of para-hydroxylation sites is 9. The Morgan fingerprint density at radius 1 is 0.476 bits per heavy atom. The molecule has 19 aromatic rings. The number of pyridine rings is 1. The number of benzene rings is 11. The van der Waals surface area contributed by atoms with E-state index < -0.39 is 5.76 Å². The van der Waals surface area contributed by atoms with Crippen molar-refractivity contribution in [1.29, 1.82) is 0 Å². The van der Waals surface area contributed by atoms with Gasteiger partial charge in [-0.1, -0.05) is 257 Å². The summed E-state index contributed by atoms with van der Waals surface area (Å²) in [6, 6.07) is 99.0. The van der Waals surface area contributed by atoms with E-state index in [1.54, 1.807) is 39.1 Å². The molecule has 15 heteroatoms. The lowest BCUT2D eigenvalue weighted by Gasteiger charge is -2.01. The Morgan fingerprint density at radius 2 is 1.08 bits per heavy atom. The van der Waals surface area contributed by atoms with Crippen molar-refractivity contribution in [3.63, 3.8) is 0 Å². The second-order valence-corrected chi connectivity index (χ2v) is 31.3. The minimum absolute atomic E-state index is 0.360. The number of rotatable bonds is 0. The Bertz CT molecular complexity index is 6140. The first-order valence-corrected chi connectivity index (χ1v) is 43.9. The Hall–Kier alpha value is -13.6. The number of aryl methyl sites for hydroxylation is 10. The molecule has 0 saturated heterocycles. The molecule has 1 aliphatic heterocycles. The number of thiophene rings is 1. The highest BCUT2D eigenvalue weighted by Gasteiger charge is 2.18. The van der Waals surface area contributed by atoms with Gasteiger partial charge in [-0.15, -0.1) is 16.4 Å². The third kappa shape index (κ3) is 25.0. The summed E-state index contributed by atoms with van der Waals surface area (Å²) < 4.78 is 24.2. The number of oxazole rings is 1. The predicted octanol–water partition coefficient (Wildman–Crippen LogP) is 27.5. The maximum absolute atomic E-state index is 10.6. The van der Waals surface area contributed by atoms with Crippen molar-refractivity contribution >= 4 is 93.1 Å². The normalized spacial score (nSPS) is 12.6. The quantitative estimate of drug-likeness (QED) is 0.152. The number of ether oxygens (including phenoxy) is 2. The van der Waals surface area contributed by atoms with Crippen LogP contribution in [0.3, 0.4) is 0 Å². The van der Waals surface area contributed by atoms with Crippen LogP contribution < -0.4 is 15.2 Å². The summed E-state index contributed by atoms with van der Waals surface area (Å²) in [7, 11) is 5.89. The van der Waals surface area contributed by atoms with Crippen molar-refractivity contribution in [1.82, 2.24) is 48.7 Å². The number of nitrogens with one attached hydrogen (secondary N) is 2. The van der Waals surface area contributed by atoms with E-state index in [4.69, 9.17) is 13.9 Å². The van der Waals surface area contributed by atoms with E-state index in [2.05, 4.69) is 301 Å². The first-order chi connectivity index (χ1) is 60.5. The van der Waals surface area contributed by atoms with E-state index in [1.807, 2.05) is 174 Å². The summed E-state index contributed by atoms with van der Waals surface area (Å²) in [6.45, 7) is 25.7. The van der Waals surface area contributed by atoms with Crippen molar-refractivity contribution in [2.75, 3.05) is 6.79 Å². The molecular formula is C109H118N10O4S. The third-order valence-electron chi connectivity index (χ3n) is 21.8. The second kappa shape index (κ2) is 46.4. The molecule has 0 amide bonds. The molecule has 0 fully saturated rings. The standard InChI is InChI=1S/C11H12.2C10H12.C10H10.2C9H9N.C9H8S.2C8H8N2.C7H7N3.C7H5NO2.C7H6O2.2C2H6/c1-8-7-10-5-3-4-6-11(10)9(8)2;1-8-5-6-9-3-2-4-10(9)7-8;2*1-8-6-7-9-4-2-3-5-10(8)9;1-8-5-7-10-6-3-2-4-9(8)10;1-10-7-6-8-4-2-3-5-9(8)10;1-7-6-10-9-5-3-2-4-8(7)9;1-10-8-5-3-2-4-7(8)6-9-10;1-6-9-7-4-2-3-5-8(7)10-6;1-10-7-5-3-2-4-6(7)8-9-10;9-7-8-5-3-1-2-4-6(5)10-7;1-2-4-7-6(3-1)8-5-9-7;2*1-2/h3-6H,7H2,1-2H3;5-7H,2-4H2,1H3;2-5,8H,6-7H2,1H3;2-6H,7H2,1H3;2*2-7H,1H3;2*2-6H,1H3;2-5H,1H3,(H,9,10);2-5H,1H3;1-4H,(H,8,9);1-4H,5H2;2*1-2H3. The topological polar surface area (TPSA) is 151 Å². The molecule has 0 radical (unpaired) electrons. The summed E-state index contributed by atoms with van der Waals surface area (Å²) in [6.07, 6.45) is 19.2. The SMILES string of the molecule is CC.CC.CC1=C(C)c2ccccc2C1.CC1=CCc2ccccc21.CC1CCc2ccccc21.Cc1ccc2c(c1)CCC2.Cc1ccn2ccccc12.Cc1csc2ccccc12.Cc1nc2ccccc2[nH]1.Cn1ccc2ccccc21.Cn1ncc2ccccc21.Cn1nnc2ccccc21.O=c1[nH]c2ccccc2o1.c1ccc2c(c1)OCO2. The van der Waals surface area contributed by atoms with Gasteiger partial charge in [0.15, 0.2) is 17.1 Å². The van der Waals surface area contributed by atoms with Crippen LogP contribution in [0, 0.1) is 27.7 Å². The van der Waals surface area contributed by atoms with Crippen molar-refractivity contribution in [3.05, 3.63) is 411 Å². The molecular weight excluding hydrogens is 1550 g/mol. The van der Waals surface area contributed by atoms with Gasteiger partial charge in [-0.05, 0) is 273 Å².